The summed E-state index contributed by atoms with van der Waals surface area (Å²) < 4.78 is 4.77. The molecule has 0 fully saturated rings. The van der Waals surface area contributed by atoms with E-state index < -0.39 is 0 Å². The normalized spacial score (nSPS) is 16.3. The number of ether oxygens (including phenoxy) is 1. The molecule has 0 saturated heterocycles. The van der Waals surface area contributed by atoms with Gasteiger partial charge in [-0.3, -0.25) is 4.99 Å². The Morgan fingerprint density at radius 2 is 2.38 bits per heavy atom. The molecule has 0 spiro atoms. The van der Waals surface area contributed by atoms with Crippen molar-refractivity contribution in [3.8, 4) is 0 Å². The summed E-state index contributed by atoms with van der Waals surface area (Å²) in [5.41, 5.74) is 3.62. The number of rotatable bonds is 1. The summed E-state index contributed by atoms with van der Waals surface area (Å²) >= 11 is 1.70. The van der Waals surface area contributed by atoms with Crippen LogP contribution in [0.2, 0.25) is 0 Å². The molecule has 3 nitrogen and oxygen atoms in total. The minimum atomic E-state index is -0.292. The number of allylic oxidation sites excluding steroid dienone is 1. The van der Waals surface area contributed by atoms with Gasteiger partial charge in [0.05, 0.1) is 24.3 Å². The van der Waals surface area contributed by atoms with Gasteiger partial charge >= 0.3 is 5.97 Å². The molecule has 3 rings (SSSR count). The molecule has 1 heterocycles. The maximum absolute atomic E-state index is 11.6. The Balaban J connectivity index is 2.20. The van der Waals surface area contributed by atoms with Crippen molar-refractivity contribution in [1.82, 2.24) is 0 Å². The maximum Gasteiger partial charge on any atom is 0.338 e. The molecule has 4 heteroatoms. The molecule has 0 bridgehead atoms. The van der Waals surface area contributed by atoms with Crippen molar-refractivity contribution >= 4 is 29.5 Å². The first kappa shape index (κ1) is 9.66. The summed E-state index contributed by atoms with van der Waals surface area (Å²) in [6.45, 7) is 0. The number of carbonyl (C=O) groups is 1. The van der Waals surface area contributed by atoms with E-state index in [9.17, 15) is 4.79 Å². The highest BCUT2D eigenvalue weighted by Gasteiger charge is 2.27. The van der Waals surface area contributed by atoms with Gasteiger partial charge in [0.1, 0.15) is 0 Å². The van der Waals surface area contributed by atoms with E-state index in [1.165, 1.54) is 7.11 Å². The lowest BCUT2D eigenvalue weighted by Gasteiger charge is -2.05. The van der Waals surface area contributed by atoms with Gasteiger partial charge < -0.3 is 4.74 Å². The first-order valence-electron chi connectivity index (χ1n) is 4.92. The molecule has 1 aromatic rings. The van der Waals surface area contributed by atoms with E-state index in [1.54, 1.807) is 17.8 Å². The summed E-state index contributed by atoms with van der Waals surface area (Å²) in [6, 6.07) is 5.65. The molecule has 1 aliphatic heterocycles. The lowest BCUT2D eigenvalue weighted by atomic mass is 10.0. The Kier molecular flexibility index (Phi) is 2.11. The topological polar surface area (TPSA) is 38.7 Å². The van der Waals surface area contributed by atoms with E-state index in [0.717, 1.165) is 27.6 Å². The van der Waals surface area contributed by atoms with Crippen molar-refractivity contribution in [2.75, 3.05) is 13.0 Å². The minimum Gasteiger partial charge on any atom is -0.465 e. The summed E-state index contributed by atoms with van der Waals surface area (Å²) in [5.74, 6) is 0.488. The number of hydrogen-bond acceptors (Lipinski definition) is 4. The Bertz CT molecular complexity index is 546. The van der Waals surface area contributed by atoms with Crippen LogP contribution < -0.4 is 0 Å². The predicted molar refractivity (Wildman–Crippen MR) is 64.8 cm³/mol. The van der Waals surface area contributed by atoms with E-state index in [-0.39, 0.29) is 5.97 Å². The molecule has 1 aliphatic carbocycles. The fourth-order valence-electron chi connectivity index (χ4n) is 1.99. The third-order valence-corrected chi connectivity index (χ3v) is 3.60. The van der Waals surface area contributed by atoms with Gasteiger partial charge in [0.15, 0.2) is 0 Å². The van der Waals surface area contributed by atoms with Crippen LogP contribution in [0.25, 0.3) is 6.08 Å². The second kappa shape index (κ2) is 3.49. The van der Waals surface area contributed by atoms with Crippen molar-refractivity contribution in [3.05, 3.63) is 39.8 Å². The average molecular weight is 231 g/mol. The monoisotopic (exact) mass is 231 g/mol. The van der Waals surface area contributed by atoms with E-state index in [2.05, 4.69) is 4.99 Å². The zero-order chi connectivity index (χ0) is 11.1. The second-order valence-electron chi connectivity index (χ2n) is 3.55. The molecule has 0 unspecified atom stereocenters. The second-order valence-corrected chi connectivity index (χ2v) is 4.53. The molecule has 0 saturated carbocycles. The smallest absolute Gasteiger partial charge is 0.338 e. The van der Waals surface area contributed by atoms with Crippen molar-refractivity contribution < 1.29 is 9.53 Å². The number of nitrogens with zero attached hydrogens (tertiary/aromatic N) is 1. The SMILES string of the molecule is COC(=O)c1cccc2c1C=C1SCN=C12. The predicted octanol–water partition coefficient (Wildman–Crippen LogP) is 2.32. The third-order valence-electron chi connectivity index (χ3n) is 2.72. The first-order chi connectivity index (χ1) is 7.81. The number of carbonyl (C=O) groups excluding carboxylic acids is 1. The van der Waals surface area contributed by atoms with Crippen LogP contribution in [0.3, 0.4) is 0 Å². The summed E-state index contributed by atoms with van der Waals surface area (Å²) in [4.78, 5) is 17.2. The van der Waals surface area contributed by atoms with Crippen LogP contribution in [-0.2, 0) is 4.74 Å². The number of esters is 1. The quantitative estimate of drug-likeness (QED) is 0.696. The van der Waals surface area contributed by atoms with Gasteiger partial charge in [0, 0.05) is 10.5 Å². The Labute approximate surface area is 97.2 Å². The highest BCUT2D eigenvalue weighted by atomic mass is 32.2. The van der Waals surface area contributed by atoms with Crippen LogP contribution >= 0.6 is 11.8 Å². The first-order valence-corrected chi connectivity index (χ1v) is 5.91. The molecule has 1 aromatic carbocycles. The van der Waals surface area contributed by atoms with Gasteiger partial charge in [-0.25, -0.2) is 4.79 Å². The van der Waals surface area contributed by atoms with Gasteiger partial charge in [0.2, 0.25) is 0 Å². The largest absolute Gasteiger partial charge is 0.465 e. The molecular formula is C12H9NO2S. The van der Waals surface area contributed by atoms with Crippen LogP contribution in [0.4, 0.5) is 0 Å². The van der Waals surface area contributed by atoms with Crippen molar-refractivity contribution in [3.63, 3.8) is 0 Å². The fourth-order valence-corrected chi connectivity index (χ4v) is 2.83. The number of methoxy groups -OCH3 is 1. The lowest BCUT2D eigenvalue weighted by Crippen LogP contribution is -2.05. The van der Waals surface area contributed by atoms with E-state index in [1.807, 2.05) is 18.2 Å². The zero-order valence-corrected chi connectivity index (χ0v) is 9.50. The fraction of sp³-hybridized carbons (Fsp3) is 0.167. The van der Waals surface area contributed by atoms with E-state index in [4.69, 9.17) is 4.74 Å². The van der Waals surface area contributed by atoms with Crippen LogP contribution in [0, 0.1) is 0 Å². The lowest BCUT2D eigenvalue weighted by molar-refractivity contribution is 0.0600. The van der Waals surface area contributed by atoms with Crippen molar-refractivity contribution in [2.24, 2.45) is 4.99 Å². The number of hydrogen-bond donors (Lipinski definition) is 0. The van der Waals surface area contributed by atoms with Gasteiger partial charge in [-0.1, -0.05) is 12.1 Å². The number of thioether (sulfide) groups is 1. The summed E-state index contributed by atoms with van der Waals surface area (Å²) in [5, 5.41) is 0. The van der Waals surface area contributed by atoms with Crippen molar-refractivity contribution in [1.29, 1.82) is 0 Å². The molecular weight excluding hydrogens is 222 g/mol. The molecule has 0 atom stereocenters. The van der Waals surface area contributed by atoms with Crippen LogP contribution in [0.1, 0.15) is 21.5 Å². The standard InChI is InChI=1S/C12H9NO2S/c1-15-12(14)8-4-2-3-7-9(8)5-10-11(7)13-6-16-10/h2-5H,6H2,1H3. The van der Waals surface area contributed by atoms with Gasteiger partial charge in [-0.05, 0) is 17.7 Å². The van der Waals surface area contributed by atoms with Crippen LogP contribution in [0.5, 0.6) is 0 Å². The number of benzene rings is 1. The zero-order valence-electron chi connectivity index (χ0n) is 8.69. The van der Waals surface area contributed by atoms with Crippen LogP contribution in [-0.4, -0.2) is 24.7 Å². The highest BCUT2D eigenvalue weighted by molar-refractivity contribution is 8.04. The third kappa shape index (κ3) is 1.23. The molecule has 0 amide bonds. The molecule has 0 radical (unpaired) electrons. The van der Waals surface area contributed by atoms with Gasteiger partial charge in [-0.15, -0.1) is 11.8 Å². The van der Waals surface area contributed by atoms with E-state index in [0.29, 0.717) is 5.56 Å². The molecule has 16 heavy (non-hydrogen) atoms. The maximum atomic E-state index is 11.6. The molecule has 0 N–H and O–H groups in total. The highest BCUT2D eigenvalue weighted by Crippen LogP contribution is 2.38. The van der Waals surface area contributed by atoms with Gasteiger partial charge in [-0.2, -0.15) is 0 Å². The Morgan fingerprint density at radius 3 is 3.19 bits per heavy atom. The van der Waals surface area contributed by atoms with E-state index >= 15 is 0 Å². The number of fused-ring (bicyclic) bond motifs is 3. The molecule has 80 valence electrons. The average Bonchev–Trinajstić information content (AvgIpc) is 2.87. The minimum absolute atomic E-state index is 0.292. The summed E-state index contributed by atoms with van der Waals surface area (Å²) in [7, 11) is 1.40. The van der Waals surface area contributed by atoms with Crippen LogP contribution in [0.15, 0.2) is 28.1 Å². The van der Waals surface area contributed by atoms with Gasteiger partial charge in [0.25, 0.3) is 0 Å². The number of aliphatic imine (C=N–C) groups is 1. The Hall–Kier alpha value is -1.55. The van der Waals surface area contributed by atoms with Crippen molar-refractivity contribution in [2.45, 2.75) is 0 Å². The summed E-state index contributed by atoms with van der Waals surface area (Å²) in [6.07, 6.45) is 2.03. The molecule has 2 aliphatic rings. The molecule has 0 aromatic heterocycles. The Morgan fingerprint density at radius 1 is 1.50 bits per heavy atom.